The Morgan fingerprint density at radius 1 is 1.05 bits per heavy atom. The summed E-state index contributed by atoms with van der Waals surface area (Å²) in [6, 6.07) is 14.0. The Morgan fingerprint density at radius 3 is 2.70 bits per heavy atom. The van der Waals surface area contributed by atoms with Crippen molar-refractivity contribution >= 4 is 0 Å². The zero-order valence-electron chi connectivity index (χ0n) is 11.4. The quantitative estimate of drug-likeness (QED) is 0.907. The fourth-order valence-electron chi connectivity index (χ4n) is 2.21. The van der Waals surface area contributed by atoms with Gasteiger partial charge >= 0.3 is 0 Å². The van der Waals surface area contributed by atoms with Gasteiger partial charge in [0.2, 0.25) is 6.79 Å². The summed E-state index contributed by atoms with van der Waals surface area (Å²) in [6.07, 6.45) is 0. The number of nitrogens with one attached hydrogen (secondary N) is 1. The minimum Gasteiger partial charge on any atom is -0.497 e. The summed E-state index contributed by atoms with van der Waals surface area (Å²) in [5, 5.41) is 3.41. The van der Waals surface area contributed by atoms with Crippen molar-refractivity contribution in [3.63, 3.8) is 0 Å². The number of rotatable bonds is 5. The molecule has 1 aliphatic heterocycles. The molecule has 0 saturated heterocycles. The van der Waals surface area contributed by atoms with Gasteiger partial charge in [0.05, 0.1) is 7.11 Å². The van der Waals surface area contributed by atoms with Crippen molar-refractivity contribution in [3.05, 3.63) is 53.6 Å². The third-order valence-electron chi connectivity index (χ3n) is 3.28. The first-order valence-corrected chi connectivity index (χ1v) is 6.58. The Morgan fingerprint density at radius 2 is 1.90 bits per heavy atom. The summed E-state index contributed by atoms with van der Waals surface area (Å²) in [7, 11) is 1.67. The number of benzene rings is 2. The van der Waals surface area contributed by atoms with Crippen molar-refractivity contribution in [1.29, 1.82) is 0 Å². The van der Waals surface area contributed by atoms with E-state index in [1.807, 2.05) is 24.3 Å². The van der Waals surface area contributed by atoms with Crippen LogP contribution in [0.2, 0.25) is 0 Å². The van der Waals surface area contributed by atoms with Gasteiger partial charge in [0.1, 0.15) is 5.75 Å². The average molecular weight is 271 g/mol. The Hall–Kier alpha value is -2.20. The third-order valence-corrected chi connectivity index (χ3v) is 3.28. The summed E-state index contributed by atoms with van der Waals surface area (Å²) >= 11 is 0. The van der Waals surface area contributed by atoms with Crippen molar-refractivity contribution < 1.29 is 14.2 Å². The van der Waals surface area contributed by atoms with E-state index in [-0.39, 0.29) is 0 Å². The average Bonchev–Trinajstić information content (AvgIpc) is 2.97. The van der Waals surface area contributed by atoms with E-state index in [4.69, 9.17) is 14.2 Å². The lowest BCUT2D eigenvalue weighted by Gasteiger charge is -2.08. The van der Waals surface area contributed by atoms with Crippen LogP contribution in [0.25, 0.3) is 0 Å². The van der Waals surface area contributed by atoms with E-state index >= 15 is 0 Å². The molecule has 0 saturated carbocycles. The van der Waals surface area contributed by atoms with Gasteiger partial charge in [-0.15, -0.1) is 0 Å². The molecule has 4 heteroatoms. The molecule has 0 unspecified atom stereocenters. The molecule has 1 N–H and O–H groups in total. The maximum absolute atomic E-state index is 5.48. The molecule has 0 amide bonds. The minimum absolute atomic E-state index is 0.310. The fourth-order valence-corrected chi connectivity index (χ4v) is 2.21. The molecule has 2 aromatic rings. The van der Waals surface area contributed by atoms with Gasteiger partial charge in [0.25, 0.3) is 0 Å². The molecule has 0 aromatic heterocycles. The molecule has 104 valence electrons. The number of hydrogen-bond acceptors (Lipinski definition) is 4. The van der Waals surface area contributed by atoms with E-state index < -0.39 is 0 Å². The van der Waals surface area contributed by atoms with Crippen LogP contribution < -0.4 is 19.5 Å². The summed E-state index contributed by atoms with van der Waals surface area (Å²) in [5.74, 6) is 2.56. The second-order valence-electron chi connectivity index (χ2n) is 4.60. The molecule has 0 aliphatic carbocycles. The van der Waals surface area contributed by atoms with Gasteiger partial charge in [-0.3, -0.25) is 0 Å². The molecule has 2 aromatic carbocycles. The monoisotopic (exact) mass is 271 g/mol. The predicted octanol–water partition coefficient (Wildman–Crippen LogP) is 2.71. The zero-order valence-corrected chi connectivity index (χ0v) is 11.4. The van der Waals surface area contributed by atoms with Crippen LogP contribution >= 0.6 is 0 Å². The molecule has 0 spiro atoms. The summed E-state index contributed by atoms with van der Waals surface area (Å²) < 4.78 is 16.0. The molecule has 0 fully saturated rings. The number of para-hydroxylation sites is 1. The highest BCUT2D eigenvalue weighted by Gasteiger charge is 2.16. The molecular weight excluding hydrogens is 254 g/mol. The van der Waals surface area contributed by atoms with Crippen LogP contribution in [0.15, 0.2) is 42.5 Å². The van der Waals surface area contributed by atoms with E-state index in [9.17, 15) is 0 Å². The van der Waals surface area contributed by atoms with Crippen LogP contribution in [0.3, 0.4) is 0 Å². The molecule has 0 radical (unpaired) electrons. The Labute approximate surface area is 118 Å². The highest BCUT2D eigenvalue weighted by molar-refractivity contribution is 5.48. The highest BCUT2D eigenvalue weighted by Crippen LogP contribution is 2.35. The van der Waals surface area contributed by atoms with E-state index in [2.05, 4.69) is 23.5 Å². The maximum atomic E-state index is 5.48. The van der Waals surface area contributed by atoms with Crippen molar-refractivity contribution in [2.45, 2.75) is 13.1 Å². The smallest absolute Gasteiger partial charge is 0.231 e. The summed E-state index contributed by atoms with van der Waals surface area (Å²) in [4.78, 5) is 0. The zero-order chi connectivity index (χ0) is 13.8. The molecule has 1 aliphatic rings. The van der Waals surface area contributed by atoms with Crippen molar-refractivity contribution in [2.24, 2.45) is 0 Å². The predicted molar refractivity (Wildman–Crippen MR) is 76.1 cm³/mol. The van der Waals surface area contributed by atoms with Gasteiger partial charge in [-0.05, 0) is 23.8 Å². The second-order valence-corrected chi connectivity index (χ2v) is 4.60. The lowest BCUT2D eigenvalue weighted by Crippen LogP contribution is -2.13. The first-order chi connectivity index (χ1) is 9.86. The van der Waals surface area contributed by atoms with Gasteiger partial charge in [0, 0.05) is 18.7 Å². The maximum Gasteiger partial charge on any atom is 0.231 e. The SMILES string of the molecule is COc1ccc(CNCc2cccc3c2OCO3)cc1. The van der Waals surface area contributed by atoms with E-state index in [0.717, 1.165) is 35.9 Å². The summed E-state index contributed by atoms with van der Waals surface area (Å²) in [5.41, 5.74) is 2.34. The number of fused-ring (bicyclic) bond motifs is 1. The number of hydrogen-bond donors (Lipinski definition) is 1. The Balaban J connectivity index is 1.58. The fraction of sp³-hybridized carbons (Fsp3) is 0.250. The normalized spacial score (nSPS) is 12.4. The third kappa shape index (κ3) is 2.70. The number of methoxy groups -OCH3 is 1. The second kappa shape index (κ2) is 5.84. The van der Waals surface area contributed by atoms with Crippen LogP contribution in [0.1, 0.15) is 11.1 Å². The van der Waals surface area contributed by atoms with Crippen LogP contribution in [0, 0.1) is 0 Å². The minimum atomic E-state index is 0.310. The molecular formula is C16H17NO3. The summed E-state index contributed by atoms with van der Waals surface area (Å²) in [6.45, 7) is 1.86. The molecule has 4 nitrogen and oxygen atoms in total. The lowest BCUT2D eigenvalue weighted by molar-refractivity contribution is 0.173. The van der Waals surface area contributed by atoms with Gasteiger partial charge < -0.3 is 19.5 Å². The van der Waals surface area contributed by atoms with Crippen LogP contribution in [-0.2, 0) is 13.1 Å². The van der Waals surface area contributed by atoms with E-state index in [1.54, 1.807) is 7.11 Å². The van der Waals surface area contributed by atoms with Gasteiger partial charge in [-0.2, -0.15) is 0 Å². The van der Waals surface area contributed by atoms with Gasteiger partial charge in [-0.1, -0.05) is 24.3 Å². The van der Waals surface area contributed by atoms with E-state index in [1.165, 1.54) is 5.56 Å². The lowest BCUT2D eigenvalue weighted by atomic mass is 10.1. The van der Waals surface area contributed by atoms with Crippen molar-refractivity contribution in [2.75, 3.05) is 13.9 Å². The Kier molecular flexibility index (Phi) is 3.74. The molecule has 0 atom stereocenters. The van der Waals surface area contributed by atoms with Gasteiger partial charge in [-0.25, -0.2) is 0 Å². The molecule has 20 heavy (non-hydrogen) atoms. The molecule has 3 rings (SSSR count). The van der Waals surface area contributed by atoms with Crippen molar-refractivity contribution in [1.82, 2.24) is 5.32 Å². The molecule has 0 bridgehead atoms. The van der Waals surface area contributed by atoms with Gasteiger partial charge in [0.15, 0.2) is 11.5 Å². The number of ether oxygens (including phenoxy) is 3. The molecule has 1 heterocycles. The first-order valence-electron chi connectivity index (χ1n) is 6.58. The topological polar surface area (TPSA) is 39.7 Å². The van der Waals surface area contributed by atoms with Crippen LogP contribution in [-0.4, -0.2) is 13.9 Å². The largest absolute Gasteiger partial charge is 0.497 e. The van der Waals surface area contributed by atoms with Crippen LogP contribution in [0.5, 0.6) is 17.2 Å². The van der Waals surface area contributed by atoms with Crippen molar-refractivity contribution in [3.8, 4) is 17.2 Å². The standard InChI is InChI=1S/C16H17NO3/c1-18-14-7-5-12(6-8-14)9-17-10-13-3-2-4-15-16(13)20-11-19-15/h2-8,17H,9-11H2,1H3. The highest BCUT2D eigenvalue weighted by atomic mass is 16.7. The first kappa shape index (κ1) is 12.8. The van der Waals surface area contributed by atoms with Crippen LogP contribution in [0.4, 0.5) is 0 Å². The van der Waals surface area contributed by atoms with E-state index in [0.29, 0.717) is 6.79 Å². The Bertz CT molecular complexity index is 581.